The Morgan fingerprint density at radius 2 is 1.84 bits per heavy atom. The molecule has 0 spiro atoms. The van der Waals surface area contributed by atoms with E-state index < -0.39 is 12.0 Å². The van der Waals surface area contributed by atoms with Gasteiger partial charge in [0.25, 0.3) is 5.91 Å². The Labute approximate surface area is 121 Å². The summed E-state index contributed by atoms with van der Waals surface area (Å²) in [4.78, 5) is 23.3. The molecular weight excluding hydrogens is 289 g/mol. The quantitative estimate of drug-likeness (QED) is 0.868. The van der Waals surface area contributed by atoms with Gasteiger partial charge in [-0.05, 0) is 38.0 Å². The number of benzene rings is 1. The number of halogens is 2. The van der Waals surface area contributed by atoms with Crippen LogP contribution in [0, 0.1) is 5.92 Å². The zero-order valence-corrected chi connectivity index (χ0v) is 11.8. The first-order chi connectivity index (χ1) is 8.95. The SMILES string of the molecule is CC(OC(=O)C1CC1)C(=O)Nc1cc(Cl)cc(Cl)c1. The van der Waals surface area contributed by atoms with Crippen LogP contribution in [0.2, 0.25) is 10.0 Å². The molecule has 1 fully saturated rings. The summed E-state index contributed by atoms with van der Waals surface area (Å²) in [5.41, 5.74) is 0.469. The molecule has 1 aliphatic rings. The third kappa shape index (κ3) is 4.11. The molecule has 1 amide bonds. The van der Waals surface area contributed by atoms with E-state index in [1.54, 1.807) is 18.2 Å². The molecule has 2 rings (SSSR count). The molecule has 1 aromatic carbocycles. The zero-order chi connectivity index (χ0) is 14.0. The number of nitrogens with one attached hydrogen (secondary N) is 1. The number of anilines is 1. The summed E-state index contributed by atoms with van der Waals surface area (Å²) < 4.78 is 5.05. The highest BCUT2D eigenvalue weighted by Crippen LogP contribution is 2.30. The van der Waals surface area contributed by atoms with Crippen LogP contribution < -0.4 is 5.32 Å². The summed E-state index contributed by atoms with van der Waals surface area (Å²) in [7, 11) is 0. The molecular formula is C13H13Cl2NO3. The fourth-order valence-corrected chi connectivity index (χ4v) is 2.04. The highest BCUT2D eigenvalue weighted by molar-refractivity contribution is 6.35. The third-order valence-electron chi connectivity index (χ3n) is 2.70. The fraction of sp³-hybridized carbons (Fsp3) is 0.385. The Kier molecular flexibility index (Phi) is 4.32. The lowest BCUT2D eigenvalue weighted by Crippen LogP contribution is -2.30. The van der Waals surface area contributed by atoms with E-state index in [0.717, 1.165) is 12.8 Å². The van der Waals surface area contributed by atoms with Gasteiger partial charge < -0.3 is 10.1 Å². The fourth-order valence-electron chi connectivity index (χ4n) is 1.51. The molecule has 0 aromatic heterocycles. The minimum atomic E-state index is -0.842. The molecule has 0 saturated heterocycles. The molecule has 1 unspecified atom stereocenters. The molecule has 6 heteroatoms. The lowest BCUT2D eigenvalue weighted by molar-refractivity contribution is -0.154. The van der Waals surface area contributed by atoms with E-state index in [1.165, 1.54) is 6.92 Å². The van der Waals surface area contributed by atoms with Crippen molar-refractivity contribution < 1.29 is 14.3 Å². The number of amides is 1. The van der Waals surface area contributed by atoms with Crippen molar-refractivity contribution in [2.24, 2.45) is 5.92 Å². The standard InChI is InChI=1S/C13H13Cl2NO3/c1-7(19-13(18)8-2-3-8)12(17)16-11-5-9(14)4-10(15)6-11/h4-8H,2-3H2,1H3,(H,16,17). The Balaban J connectivity index is 1.93. The second-order valence-electron chi connectivity index (χ2n) is 4.50. The van der Waals surface area contributed by atoms with Gasteiger partial charge in [0.05, 0.1) is 5.92 Å². The van der Waals surface area contributed by atoms with Crippen LogP contribution in [0.25, 0.3) is 0 Å². The predicted molar refractivity (Wildman–Crippen MR) is 73.4 cm³/mol. The second kappa shape index (κ2) is 5.80. The molecule has 1 aromatic rings. The van der Waals surface area contributed by atoms with Crippen LogP contribution in [0.3, 0.4) is 0 Å². The summed E-state index contributed by atoms with van der Waals surface area (Å²) in [6, 6.07) is 4.71. The Morgan fingerprint density at radius 3 is 2.37 bits per heavy atom. The van der Waals surface area contributed by atoms with E-state index >= 15 is 0 Å². The number of hydrogen-bond donors (Lipinski definition) is 1. The van der Waals surface area contributed by atoms with Gasteiger partial charge in [-0.3, -0.25) is 9.59 Å². The minimum Gasteiger partial charge on any atom is -0.452 e. The van der Waals surface area contributed by atoms with Crippen LogP contribution >= 0.6 is 23.2 Å². The molecule has 0 heterocycles. The van der Waals surface area contributed by atoms with Crippen LogP contribution in [-0.2, 0) is 14.3 Å². The van der Waals surface area contributed by atoms with Crippen molar-refractivity contribution in [2.75, 3.05) is 5.32 Å². The van der Waals surface area contributed by atoms with Gasteiger partial charge in [-0.1, -0.05) is 23.2 Å². The minimum absolute atomic E-state index is 0.0316. The zero-order valence-electron chi connectivity index (χ0n) is 10.3. The van der Waals surface area contributed by atoms with Crippen molar-refractivity contribution in [3.63, 3.8) is 0 Å². The van der Waals surface area contributed by atoms with E-state index in [4.69, 9.17) is 27.9 Å². The lowest BCUT2D eigenvalue weighted by Gasteiger charge is -2.13. The van der Waals surface area contributed by atoms with E-state index in [-0.39, 0.29) is 11.9 Å². The van der Waals surface area contributed by atoms with Crippen molar-refractivity contribution >= 4 is 40.8 Å². The maximum absolute atomic E-state index is 11.8. The van der Waals surface area contributed by atoms with Crippen molar-refractivity contribution in [3.05, 3.63) is 28.2 Å². The molecule has 0 radical (unpaired) electrons. The first-order valence-electron chi connectivity index (χ1n) is 5.93. The van der Waals surface area contributed by atoms with Gasteiger partial charge in [0, 0.05) is 15.7 Å². The molecule has 102 valence electrons. The highest BCUT2D eigenvalue weighted by atomic mass is 35.5. The summed E-state index contributed by atoms with van der Waals surface area (Å²) >= 11 is 11.7. The number of carbonyl (C=O) groups is 2. The van der Waals surface area contributed by atoms with Crippen LogP contribution in [-0.4, -0.2) is 18.0 Å². The van der Waals surface area contributed by atoms with Crippen LogP contribution in [0.4, 0.5) is 5.69 Å². The van der Waals surface area contributed by atoms with Gasteiger partial charge in [0.1, 0.15) is 0 Å². The number of carbonyl (C=O) groups excluding carboxylic acids is 2. The van der Waals surface area contributed by atoms with Gasteiger partial charge in [-0.15, -0.1) is 0 Å². The van der Waals surface area contributed by atoms with E-state index in [1.807, 2.05) is 0 Å². The molecule has 0 bridgehead atoms. The van der Waals surface area contributed by atoms with Gasteiger partial charge in [-0.25, -0.2) is 0 Å². The second-order valence-corrected chi connectivity index (χ2v) is 5.37. The molecule has 19 heavy (non-hydrogen) atoms. The largest absolute Gasteiger partial charge is 0.452 e. The predicted octanol–water partition coefficient (Wildman–Crippen LogP) is 3.27. The van der Waals surface area contributed by atoms with Gasteiger partial charge in [0.2, 0.25) is 0 Å². The topological polar surface area (TPSA) is 55.4 Å². The maximum atomic E-state index is 11.8. The maximum Gasteiger partial charge on any atom is 0.309 e. The highest BCUT2D eigenvalue weighted by Gasteiger charge is 2.33. The summed E-state index contributed by atoms with van der Waals surface area (Å²) in [6.07, 6.45) is 0.847. The van der Waals surface area contributed by atoms with E-state index in [9.17, 15) is 9.59 Å². The summed E-state index contributed by atoms with van der Waals surface area (Å²) in [6.45, 7) is 1.53. The summed E-state index contributed by atoms with van der Waals surface area (Å²) in [5.74, 6) is -0.755. The van der Waals surface area contributed by atoms with Crippen LogP contribution in [0.5, 0.6) is 0 Å². The van der Waals surface area contributed by atoms with Crippen molar-refractivity contribution in [2.45, 2.75) is 25.9 Å². The molecule has 0 aliphatic heterocycles. The normalized spacial score (nSPS) is 15.7. The smallest absolute Gasteiger partial charge is 0.309 e. The van der Waals surface area contributed by atoms with Gasteiger partial charge in [0.15, 0.2) is 6.10 Å². The van der Waals surface area contributed by atoms with E-state index in [0.29, 0.717) is 15.7 Å². The molecule has 1 N–H and O–H groups in total. The number of rotatable bonds is 4. The molecule has 4 nitrogen and oxygen atoms in total. The number of ether oxygens (including phenoxy) is 1. The molecule has 1 saturated carbocycles. The van der Waals surface area contributed by atoms with Crippen LogP contribution in [0.1, 0.15) is 19.8 Å². The van der Waals surface area contributed by atoms with Crippen molar-refractivity contribution in [1.82, 2.24) is 0 Å². The number of esters is 1. The summed E-state index contributed by atoms with van der Waals surface area (Å²) in [5, 5.41) is 3.45. The van der Waals surface area contributed by atoms with Gasteiger partial charge in [-0.2, -0.15) is 0 Å². The third-order valence-corrected chi connectivity index (χ3v) is 3.14. The Hall–Kier alpha value is -1.26. The first kappa shape index (κ1) is 14.2. The Bertz CT molecular complexity index is 494. The van der Waals surface area contributed by atoms with E-state index in [2.05, 4.69) is 5.32 Å². The number of hydrogen-bond acceptors (Lipinski definition) is 3. The molecule has 1 atom stereocenters. The average molecular weight is 302 g/mol. The molecule has 1 aliphatic carbocycles. The van der Waals surface area contributed by atoms with Crippen molar-refractivity contribution in [1.29, 1.82) is 0 Å². The lowest BCUT2D eigenvalue weighted by atomic mass is 10.3. The Morgan fingerprint density at radius 1 is 1.26 bits per heavy atom. The average Bonchev–Trinajstić information content (AvgIpc) is 3.10. The monoisotopic (exact) mass is 301 g/mol. The van der Waals surface area contributed by atoms with Crippen molar-refractivity contribution in [3.8, 4) is 0 Å². The van der Waals surface area contributed by atoms with Crippen LogP contribution in [0.15, 0.2) is 18.2 Å². The van der Waals surface area contributed by atoms with Gasteiger partial charge >= 0.3 is 5.97 Å². The first-order valence-corrected chi connectivity index (χ1v) is 6.69.